The van der Waals surface area contributed by atoms with Crippen LogP contribution in [0, 0.1) is 6.92 Å². The molecule has 3 rings (SSSR count). The van der Waals surface area contributed by atoms with Crippen molar-refractivity contribution >= 4 is 29.1 Å². The summed E-state index contributed by atoms with van der Waals surface area (Å²) >= 11 is 12.8. The van der Waals surface area contributed by atoms with Gasteiger partial charge in [0.1, 0.15) is 5.15 Å². The fraction of sp³-hybridized carbons (Fsp3) is 0.474. The van der Waals surface area contributed by atoms with E-state index in [1.165, 1.54) is 6.42 Å². The second-order valence-corrected chi connectivity index (χ2v) is 7.56. The number of hydrogen-bond acceptors (Lipinski definition) is 2. The van der Waals surface area contributed by atoms with Crippen LogP contribution < -0.4 is 4.90 Å². The number of rotatable bonds is 5. The quantitative estimate of drug-likeness (QED) is 0.843. The zero-order chi connectivity index (χ0) is 18.7. The van der Waals surface area contributed by atoms with E-state index in [1.807, 2.05) is 36.1 Å². The van der Waals surface area contributed by atoms with Crippen LogP contribution in [0.15, 0.2) is 24.3 Å². The smallest absolute Gasteiger partial charge is 0.259 e. The third-order valence-electron chi connectivity index (χ3n) is 4.92. The maximum absolute atomic E-state index is 13.0. The molecule has 0 spiro atoms. The molecule has 2 heterocycles. The number of nitrogens with one attached hydrogen (secondary N) is 1. The number of carbonyl (C=O) groups excluding carboxylic acids is 1. The van der Waals surface area contributed by atoms with Gasteiger partial charge in [-0.25, -0.2) is 4.68 Å². The SMILES string of the molecule is CCC[NH+]1CCN(C(=O)c2c(C)nn(Cc3ccccc3Cl)c2Cl)CC1. The van der Waals surface area contributed by atoms with Gasteiger partial charge < -0.3 is 9.80 Å². The van der Waals surface area contributed by atoms with Crippen molar-refractivity contribution in [3.05, 3.63) is 51.3 Å². The van der Waals surface area contributed by atoms with Crippen LogP contribution in [-0.4, -0.2) is 53.3 Å². The Morgan fingerprint density at radius 1 is 1.23 bits per heavy atom. The second-order valence-electron chi connectivity index (χ2n) is 6.79. The Kier molecular flexibility index (Phi) is 6.22. The zero-order valence-corrected chi connectivity index (χ0v) is 16.8. The lowest BCUT2D eigenvalue weighted by molar-refractivity contribution is -0.904. The number of carbonyl (C=O) groups is 1. The Morgan fingerprint density at radius 3 is 2.58 bits per heavy atom. The maximum Gasteiger partial charge on any atom is 0.259 e. The first kappa shape index (κ1) is 19.2. The highest BCUT2D eigenvalue weighted by molar-refractivity contribution is 6.33. The molecule has 0 saturated carbocycles. The summed E-state index contributed by atoms with van der Waals surface area (Å²) in [4.78, 5) is 16.5. The summed E-state index contributed by atoms with van der Waals surface area (Å²) < 4.78 is 1.66. The molecule has 0 atom stereocenters. The molecule has 1 N–H and O–H groups in total. The van der Waals surface area contributed by atoms with E-state index in [4.69, 9.17) is 23.2 Å². The number of amides is 1. The number of halogens is 2. The van der Waals surface area contributed by atoms with Gasteiger partial charge in [-0.05, 0) is 25.0 Å². The third kappa shape index (κ3) is 4.05. The van der Waals surface area contributed by atoms with Crippen LogP contribution >= 0.6 is 23.2 Å². The first-order chi connectivity index (χ1) is 12.5. The van der Waals surface area contributed by atoms with Crippen molar-refractivity contribution in [2.24, 2.45) is 0 Å². The van der Waals surface area contributed by atoms with Gasteiger partial charge in [0.2, 0.25) is 0 Å². The molecule has 0 radical (unpaired) electrons. The minimum absolute atomic E-state index is 0.0199. The first-order valence-corrected chi connectivity index (χ1v) is 9.86. The Balaban J connectivity index is 1.76. The van der Waals surface area contributed by atoms with Gasteiger partial charge in [-0.3, -0.25) is 4.79 Å². The van der Waals surface area contributed by atoms with E-state index in [0.29, 0.717) is 28.0 Å². The molecule has 26 heavy (non-hydrogen) atoms. The molecule has 1 amide bonds. The standard InChI is InChI=1S/C19H24Cl2N4O/c1-3-8-23-9-11-24(12-10-23)19(26)17-14(2)22-25(18(17)21)13-15-6-4-5-7-16(15)20/h4-7H,3,8-13H2,1-2H3/p+1. The zero-order valence-electron chi connectivity index (χ0n) is 15.3. The van der Waals surface area contributed by atoms with E-state index in [9.17, 15) is 4.79 Å². The van der Waals surface area contributed by atoms with Crippen molar-refractivity contribution in [2.75, 3.05) is 32.7 Å². The molecule has 0 bridgehead atoms. The number of aryl methyl sites for hydroxylation is 1. The van der Waals surface area contributed by atoms with Crippen molar-refractivity contribution in [1.29, 1.82) is 0 Å². The molecular formula is C19H25Cl2N4O+. The van der Waals surface area contributed by atoms with Crippen LogP contribution in [-0.2, 0) is 6.54 Å². The molecule has 2 aromatic rings. The predicted molar refractivity (Wildman–Crippen MR) is 104 cm³/mol. The van der Waals surface area contributed by atoms with Gasteiger partial charge in [-0.15, -0.1) is 0 Å². The lowest BCUT2D eigenvalue weighted by Crippen LogP contribution is -3.14. The van der Waals surface area contributed by atoms with Crippen molar-refractivity contribution in [3.8, 4) is 0 Å². The van der Waals surface area contributed by atoms with Crippen molar-refractivity contribution in [1.82, 2.24) is 14.7 Å². The summed E-state index contributed by atoms with van der Waals surface area (Å²) in [7, 11) is 0. The van der Waals surface area contributed by atoms with Crippen LogP contribution in [0.3, 0.4) is 0 Å². The summed E-state index contributed by atoms with van der Waals surface area (Å²) in [5, 5.41) is 5.53. The molecule has 5 nitrogen and oxygen atoms in total. The third-order valence-corrected chi connectivity index (χ3v) is 5.67. The van der Waals surface area contributed by atoms with Crippen molar-refractivity contribution in [3.63, 3.8) is 0 Å². The number of benzene rings is 1. The minimum Gasteiger partial charge on any atom is -0.332 e. The first-order valence-electron chi connectivity index (χ1n) is 9.10. The fourth-order valence-corrected chi connectivity index (χ4v) is 3.99. The highest BCUT2D eigenvalue weighted by Gasteiger charge is 2.29. The van der Waals surface area contributed by atoms with E-state index in [2.05, 4.69) is 12.0 Å². The molecule has 7 heteroatoms. The van der Waals surface area contributed by atoms with Gasteiger partial charge in [-0.1, -0.05) is 48.3 Å². The lowest BCUT2D eigenvalue weighted by atomic mass is 10.2. The average molecular weight is 396 g/mol. The van der Waals surface area contributed by atoms with E-state index in [0.717, 1.165) is 38.3 Å². The van der Waals surface area contributed by atoms with E-state index < -0.39 is 0 Å². The Bertz CT molecular complexity index is 782. The summed E-state index contributed by atoms with van der Waals surface area (Å²) in [5.74, 6) is -0.0199. The molecular weight excluding hydrogens is 371 g/mol. The summed E-state index contributed by atoms with van der Waals surface area (Å²) in [6, 6.07) is 7.59. The maximum atomic E-state index is 13.0. The van der Waals surface area contributed by atoms with E-state index >= 15 is 0 Å². The summed E-state index contributed by atoms with van der Waals surface area (Å²) in [6.45, 7) is 9.15. The number of aromatic nitrogens is 2. The Labute approximate surface area is 164 Å². The topological polar surface area (TPSA) is 42.6 Å². The monoisotopic (exact) mass is 395 g/mol. The van der Waals surface area contributed by atoms with Crippen LogP contribution in [0.4, 0.5) is 0 Å². The number of hydrogen-bond donors (Lipinski definition) is 1. The number of nitrogens with zero attached hydrogens (tertiary/aromatic N) is 3. The minimum atomic E-state index is -0.0199. The molecule has 1 fully saturated rings. The molecule has 1 aromatic heterocycles. The van der Waals surface area contributed by atoms with Crippen LogP contribution in [0.1, 0.15) is 35.0 Å². The molecule has 1 aromatic carbocycles. The average Bonchev–Trinajstić information content (AvgIpc) is 2.91. The highest BCUT2D eigenvalue weighted by atomic mass is 35.5. The van der Waals surface area contributed by atoms with Gasteiger partial charge in [0.05, 0.1) is 50.5 Å². The number of piperazine rings is 1. The molecule has 140 valence electrons. The normalized spacial score (nSPS) is 15.5. The van der Waals surface area contributed by atoms with E-state index in [-0.39, 0.29) is 5.91 Å². The lowest BCUT2D eigenvalue weighted by Gasteiger charge is -2.32. The predicted octanol–water partition coefficient (Wildman–Crippen LogP) is 2.30. The van der Waals surface area contributed by atoms with Crippen molar-refractivity contribution in [2.45, 2.75) is 26.8 Å². The Morgan fingerprint density at radius 2 is 1.92 bits per heavy atom. The summed E-state index contributed by atoms with van der Waals surface area (Å²) in [5.41, 5.74) is 2.10. The Hall–Kier alpha value is -1.56. The van der Waals surface area contributed by atoms with Gasteiger partial charge in [0, 0.05) is 5.02 Å². The van der Waals surface area contributed by atoms with Gasteiger partial charge in [0.25, 0.3) is 5.91 Å². The van der Waals surface area contributed by atoms with Gasteiger partial charge >= 0.3 is 0 Å². The van der Waals surface area contributed by atoms with Crippen LogP contribution in [0.2, 0.25) is 10.2 Å². The second kappa shape index (κ2) is 8.42. The molecule has 1 saturated heterocycles. The van der Waals surface area contributed by atoms with Gasteiger partial charge in [-0.2, -0.15) is 5.10 Å². The van der Waals surface area contributed by atoms with Crippen LogP contribution in [0.5, 0.6) is 0 Å². The number of quaternary nitrogens is 1. The molecule has 1 aliphatic heterocycles. The van der Waals surface area contributed by atoms with Crippen molar-refractivity contribution < 1.29 is 9.69 Å². The van der Waals surface area contributed by atoms with E-state index in [1.54, 1.807) is 9.58 Å². The highest BCUT2D eigenvalue weighted by Crippen LogP contribution is 2.24. The molecule has 0 unspecified atom stereocenters. The van der Waals surface area contributed by atoms with Gasteiger partial charge in [0.15, 0.2) is 0 Å². The molecule has 0 aliphatic carbocycles. The summed E-state index contributed by atoms with van der Waals surface area (Å²) in [6.07, 6.45) is 1.17. The fourth-order valence-electron chi connectivity index (χ4n) is 3.48. The largest absolute Gasteiger partial charge is 0.332 e. The molecule has 1 aliphatic rings. The van der Waals surface area contributed by atoms with Crippen LogP contribution in [0.25, 0.3) is 0 Å².